The molecule has 5 N–H and O–H groups in total. The van der Waals surface area contributed by atoms with Crippen LogP contribution in [0.2, 0.25) is 0 Å². The molecule has 0 heterocycles. The van der Waals surface area contributed by atoms with Gasteiger partial charge in [-0.2, -0.15) is 11.0 Å². The fourth-order valence-corrected chi connectivity index (χ4v) is 0. The minimum absolute atomic E-state index is 0.0208. The molecule has 44 valence electrons. The van der Waals surface area contributed by atoms with E-state index in [0.29, 0.717) is 0 Å². The van der Waals surface area contributed by atoms with Crippen LogP contribution in [-0.4, -0.2) is 10.6 Å². The molecule has 4 heteroatoms. The van der Waals surface area contributed by atoms with Gasteiger partial charge in [-0.25, -0.2) is 4.89 Å². The summed E-state index contributed by atoms with van der Waals surface area (Å²) in [6.07, 6.45) is 0. The molecule has 0 bridgehead atoms. The summed E-state index contributed by atoms with van der Waals surface area (Å²) in [6, 6.07) is 0. The van der Waals surface area contributed by atoms with Gasteiger partial charge in [0.25, 0.3) is 7.79 Å². The minimum atomic E-state index is -2.49. The number of rotatable bonds is 1. The smallest absolute Gasteiger partial charge is 0.214 e. The van der Waals surface area contributed by atoms with Crippen LogP contribution in [0.5, 0.6) is 0 Å². The lowest BCUT2D eigenvalue weighted by molar-refractivity contribution is 0.588. The quantitative estimate of drug-likeness (QED) is 0.432. The summed E-state index contributed by atoms with van der Waals surface area (Å²) in [5.74, 6) is 0. The van der Waals surface area contributed by atoms with Gasteiger partial charge in [-0.3, -0.25) is 0 Å². The van der Waals surface area contributed by atoms with Gasteiger partial charge in [0.05, 0.1) is 0 Å². The molecule has 0 amide bonds. The molecule has 0 radical (unpaired) electrons. The van der Waals surface area contributed by atoms with Crippen molar-refractivity contribution in [3.8, 4) is 0 Å². The Kier molecular flexibility index (Phi) is 2.14. The van der Waals surface area contributed by atoms with E-state index in [2.05, 4.69) is 0 Å². The molecule has 0 aliphatic carbocycles. The van der Waals surface area contributed by atoms with Gasteiger partial charge in [-0.05, 0) is 13.8 Å². The van der Waals surface area contributed by atoms with Crippen molar-refractivity contribution in [3.63, 3.8) is 0 Å². The van der Waals surface area contributed by atoms with Crippen molar-refractivity contribution in [3.05, 3.63) is 0 Å². The van der Waals surface area contributed by atoms with Crippen molar-refractivity contribution in [1.82, 2.24) is 0 Å². The standard InChI is InChI=1S/C3H12N2OP/c1-3(2)7(4,5)6/h3,6H,4-5H2,1-2H3/q+1. The topological polar surface area (TPSA) is 72.3 Å². The maximum Gasteiger partial charge on any atom is 0.278 e. The van der Waals surface area contributed by atoms with Crippen LogP contribution in [0.15, 0.2) is 0 Å². The lowest BCUT2D eigenvalue weighted by Crippen LogP contribution is -2.21. The second-order valence-corrected chi connectivity index (χ2v) is 4.51. The van der Waals surface area contributed by atoms with Crippen LogP contribution in [0.1, 0.15) is 13.8 Å². The first kappa shape index (κ1) is 7.31. The van der Waals surface area contributed by atoms with Crippen LogP contribution in [-0.2, 0) is 0 Å². The Hall–Kier alpha value is 0.310. The summed E-state index contributed by atoms with van der Waals surface area (Å²) >= 11 is 0. The van der Waals surface area contributed by atoms with Crippen LogP contribution in [0.4, 0.5) is 0 Å². The maximum absolute atomic E-state index is 8.76. The van der Waals surface area contributed by atoms with Crippen LogP contribution in [0.3, 0.4) is 0 Å². The minimum Gasteiger partial charge on any atom is -0.214 e. The average molecular weight is 123 g/mol. The van der Waals surface area contributed by atoms with Crippen LogP contribution < -0.4 is 11.0 Å². The fraction of sp³-hybridized carbons (Fsp3) is 1.00. The zero-order valence-corrected chi connectivity index (χ0v) is 5.52. The third-order valence-corrected chi connectivity index (χ3v) is 2.48. The van der Waals surface area contributed by atoms with E-state index in [1.807, 2.05) is 0 Å². The van der Waals surface area contributed by atoms with Gasteiger partial charge < -0.3 is 0 Å². The van der Waals surface area contributed by atoms with Crippen molar-refractivity contribution in [2.24, 2.45) is 11.0 Å². The lowest BCUT2D eigenvalue weighted by atomic mass is 10.6. The molecule has 0 aromatic rings. The number of nitrogens with two attached hydrogens (primary N) is 2. The van der Waals surface area contributed by atoms with E-state index in [1.165, 1.54) is 0 Å². The van der Waals surface area contributed by atoms with Crippen LogP contribution in [0.25, 0.3) is 0 Å². The molecule has 0 saturated heterocycles. The third-order valence-electron chi connectivity index (χ3n) is 0.827. The van der Waals surface area contributed by atoms with Crippen LogP contribution in [0, 0.1) is 0 Å². The summed E-state index contributed by atoms with van der Waals surface area (Å²) in [7, 11) is -2.49. The second-order valence-electron chi connectivity index (χ2n) is 1.89. The highest BCUT2D eigenvalue weighted by Gasteiger charge is 2.28. The first-order valence-corrected chi connectivity index (χ1v) is 4.08. The molecule has 0 fully saturated rings. The highest BCUT2D eigenvalue weighted by molar-refractivity contribution is 7.66. The number of hydrogen-bond acceptors (Lipinski definition) is 3. The molecule has 0 aromatic heterocycles. The monoisotopic (exact) mass is 123 g/mol. The summed E-state index contributed by atoms with van der Waals surface area (Å²) in [6.45, 7) is 3.60. The summed E-state index contributed by atoms with van der Waals surface area (Å²) in [5.41, 5.74) is 10.3. The molecular weight excluding hydrogens is 111 g/mol. The molecular formula is C3H12N2OP+. The van der Waals surface area contributed by atoms with Crippen molar-refractivity contribution in [1.29, 1.82) is 0 Å². The Morgan fingerprint density at radius 3 is 1.57 bits per heavy atom. The predicted octanol–water partition coefficient (Wildman–Crippen LogP) is 0.0671. The lowest BCUT2D eigenvalue weighted by Gasteiger charge is -2.09. The van der Waals surface area contributed by atoms with E-state index >= 15 is 0 Å². The summed E-state index contributed by atoms with van der Waals surface area (Å²) in [4.78, 5) is 8.76. The van der Waals surface area contributed by atoms with Crippen molar-refractivity contribution < 1.29 is 4.89 Å². The van der Waals surface area contributed by atoms with Gasteiger partial charge in [0.15, 0.2) is 0 Å². The van der Waals surface area contributed by atoms with E-state index < -0.39 is 7.79 Å². The molecule has 0 saturated carbocycles. The van der Waals surface area contributed by atoms with Crippen molar-refractivity contribution in [2.75, 3.05) is 0 Å². The molecule has 0 unspecified atom stereocenters. The first-order valence-electron chi connectivity index (χ1n) is 2.13. The first-order chi connectivity index (χ1) is 2.94. The molecule has 0 aliphatic rings. The number of hydrogen-bond donors (Lipinski definition) is 3. The molecule has 0 spiro atoms. The Morgan fingerprint density at radius 2 is 1.57 bits per heavy atom. The molecule has 3 nitrogen and oxygen atoms in total. The van der Waals surface area contributed by atoms with Gasteiger partial charge >= 0.3 is 0 Å². The molecule has 7 heavy (non-hydrogen) atoms. The zero-order chi connectivity index (χ0) is 6.08. The molecule has 0 atom stereocenters. The Labute approximate surface area is 44.2 Å². The SMILES string of the molecule is CC(C)[P+](N)(N)O. The van der Waals surface area contributed by atoms with Gasteiger partial charge in [-0.15, -0.1) is 0 Å². The van der Waals surface area contributed by atoms with E-state index in [4.69, 9.17) is 15.9 Å². The average Bonchev–Trinajstić information content (AvgIpc) is 1.31. The maximum atomic E-state index is 8.76. The van der Waals surface area contributed by atoms with Gasteiger partial charge in [0.2, 0.25) is 0 Å². The Morgan fingerprint density at radius 1 is 1.43 bits per heavy atom. The van der Waals surface area contributed by atoms with E-state index in [0.717, 1.165) is 0 Å². The molecule has 0 rings (SSSR count). The van der Waals surface area contributed by atoms with E-state index in [-0.39, 0.29) is 5.66 Å². The van der Waals surface area contributed by atoms with E-state index in [1.54, 1.807) is 13.8 Å². The largest absolute Gasteiger partial charge is 0.278 e. The second kappa shape index (κ2) is 2.05. The predicted molar refractivity (Wildman–Crippen MR) is 32.6 cm³/mol. The van der Waals surface area contributed by atoms with Gasteiger partial charge in [0, 0.05) is 0 Å². The third kappa shape index (κ3) is 2.94. The summed E-state index contributed by atoms with van der Waals surface area (Å²) in [5, 5.41) is 0. The highest BCUT2D eigenvalue weighted by atomic mass is 31.2. The van der Waals surface area contributed by atoms with Crippen molar-refractivity contribution in [2.45, 2.75) is 19.5 Å². The fourth-order valence-electron chi connectivity index (χ4n) is 0. The highest BCUT2D eigenvalue weighted by Crippen LogP contribution is 2.40. The van der Waals surface area contributed by atoms with Crippen molar-refractivity contribution >= 4 is 7.79 Å². The Balaban J connectivity index is 3.54. The zero-order valence-electron chi connectivity index (χ0n) is 4.63. The Bertz CT molecular complexity index is 58.4. The normalized spacial score (nSPS) is 12.9. The van der Waals surface area contributed by atoms with E-state index in [9.17, 15) is 0 Å². The van der Waals surface area contributed by atoms with Gasteiger partial charge in [0.1, 0.15) is 5.66 Å². The molecule has 0 aromatic carbocycles. The van der Waals surface area contributed by atoms with Gasteiger partial charge in [-0.1, -0.05) is 0 Å². The summed E-state index contributed by atoms with van der Waals surface area (Å²) < 4.78 is 0. The van der Waals surface area contributed by atoms with Crippen LogP contribution >= 0.6 is 7.79 Å². The molecule has 0 aliphatic heterocycles.